The number of para-hydroxylation sites is 1. The molecule has 10 heteroatoms. The van der Waals surface area contributed by atoms with Gasteiger partial charge in [0.25, 0.3) is 5.91 Å². The van der Waals surface area contributed by atoms with Crippen LogP contribution >= 0.6 is 46.0 Å². The van der Waals surface area contributed by atoms with Gasteiger partial charge in [0.05, 0.1) is 22.1 Å². The fraction of sp³-hybridized carbons (Fsp3) is 0.160. The maximum atomic E-state index is 12.2. The molecule has 182 valence electrons. The highest BCUT2D eigenvalue weighted by Gasteiger charge is 2.14. The Balaban J connectivity index is 1.56. The summed E-state index contributed by atoms with van der Waals surface area (Å²) in [4.78, 5) is 25.3. The van der Waals surface area contributed by atoms with Crippen molar-refractivity contribution in [3.63, 3.8) is 0 Å². The van der Waals surface area contributed by atoms with Crippen molar-refractivity contribution in [1.29, 1.82) is 0 Å². The molecular weight excluding hydrogens is 601 g/mol. The number of carbonyl (C=O) groups excluding carboxylic acids is 2. The highest BCUT2D eigenvalue weighted by molar-refractivity contribution is 14.1. The van der Waals surface area contributed by atoms with Crippen LogP contribution in [0.1, 0.15) is 12.5 Å². The monoisotopic (exact) mass is 623 g/mol. The van der Waals surface area contributed by atoms with Crippen molar-refractivity contribution in [2.24, 2.45) is 5.10 Å². The Morgan fingerprint density at radius 2 is 1.80 bits per heavy atom. The molecule has 3 aromatic carbocycles. The molecule has 7 nitrogen and oxygen atoms in total. The molecule has 0 heterocycles. The molecule has 0 radical (unpaired) electrons. The number of hydrogen-bond acceptors (Lipinski definition) is 6. The highest BCUT2D eigenvalue weighted by atomic mass is 127. The van der Waals surface area contributed by atoms with Gasteiger partial charge in [0, 0.05) is 15.6 Å². The van der Waals surface area contributed by atoms with Gasteiger partial charge in [-0.3, -0.25) is 9.59 Å². The standard InChI is InChI=1S/C25H23ClIN3O4S/c1-2-33-22-13-17(14-28-30-24(32)16-35-20-10-8-18(26)9-11-20)12-21(27)25(22)34-15-23(31)29-19-6-4-3-5-7-19/h3-14H,2,15-16H2,1H3,(H,29,31)(H,30,32)/b28-14-. The molecule has 0 atom stereocenters. The van der Waals surface area contributed by atoms with Crippen LogP contribution in [-0.4, -0.2) is 37.0 Å². The molecule has 0 saturated heterocycles. The van der Waals surface area contributed by atoms with Crippen molar-refractivity contribution in [2.45, 2.75) is 11.8 Å². The van der Waals surface area contributed by atoms with Gasteiger partial charge in [0.1, 0.15) is 0 Å². The van der Waals surface area contributed by atoms with Crippen LogP contribution in [-0.2, 0) is 9.59 Å². The lowest BCUT2D eigenvalue weighted by molar-refractivity contribution is -0.119. The number of carbonyl (C=O) groups is 2. The van der Waals surface area contributed by atoms with Crippen molar-refractivity contribution in [3.05, 3.63) is 80.9 Å². The average molecular weight is 624 g/mol. The third-order valence-corrected chi connectivity index (χ3v) is 6.39. The number of hydrogen-bond donors (Lipinski definition) is 2. The van der Waals surface area contributed by atoms with E-state index >= 15 is 0 Å². The maximum Gasteiger partial charge on any atom is 0.262 e. The number of benzene rings is 3. The van der Waals surface area contributed by atoms with Crippen molar-refractivity contribution in [2.75, 3.05) is 24.3 Å². The van der Waals surface area contributed by atoms with Gasteiger partial charge in [-0.25, -0.2) is 5.43 Å². The van der Waals surface area contributed by atoms with Crippen LogP contribution < -0.4 is 20.2 Å². The summed E-state index contributed by atoms with van der Waals surface area (Å²) in [5.74, 6) is 0.664. The molecule has 2 amide bonds. The number of halogens is 2. The predicted molar refractivity (Wildman–Crippen MR) is 149 cm³/mol. The highest BCUT2D eigenvalue weighted by Crippen LogP contribution is 2.34. The van der Waals surface area contributed by atoms with E-state index in [1.165, 1.54) is 18.0 Å². The van der Waals surface area contributed by atoms with Gasteiger partial charge in [-0.15, -0.1) is 11.8 Å². The second-order valence-corrected chi connectivity index (χ2v) is 9.65. The third kappa shape index (κ3) is 9.08. The van der Waals surface area contributed by atoms with Crippen molar-refractivity contribution in [1.82, 2.24) is 5.43 Å². The molecule has 3 rings (SSSR count). The molecule has 0 fully saturated rings. The first kappa shape index (κ1) is 26.8. The second-order valence-electron chi connectivity index (χ2n) is 7.00. The van der Waals surface area contributed by atoms with E-state index < -0.39 is 0 Å². The Labute approximate surface area is 226 Å². The number of anilines is 1. The van der Waals surface area contributed by atoms with Crippen LogP contribution in [0.3, 0.4) is 0 Å². The van der Waals surface area contributed by atoms with E-state index in [-0.39, 0.29) is 24.2 Å². The van der Waals surface area contributed by atoms with E-state index in [4.69, 9.17) is 21.1 Å². The normalized spacial score (nSPS) is 10.7. The van der Waals surface area contributed by atoms with Gasteiger partial charge in [0.15, 0.2) is 18.1 Å². The number of thioether (sulfide) groups is 1. The number of ether oxygens (including phenoxy) is 2. The Morgan fingerprint density at radius 3 is 2.51 bits per heavy atom. The van der Waals surface area contributed by atoms with Crippen molar-refractivity contribution in [3.8, 4) is 11.5 Å². The molecule has 0 saturated carbocycles. The number of hydrazone groups is 1. The van der Waals surface area contributed by atoms with Crippen LogP contribution in [0.25, 0.3) is 0 Å². The van der Waals surface area contributed by atoms with E-state index in [9.17, 15) is 9.59 Å². The molecular formula is C25H23ClIN3O4S. The van der Waals surface area contributed by atoms with Gasteiger partial charge < -0.3 is 14.8 Å². The summed E-state index contributed by atoms with van der Waals surface area (Å²) in [6.45, 7) is 2.11. The van der Waals surface area contributed by atoms with E-state index in [1.807, 2.05) is 43.3 Å². The lowest BCUT2D eigenvalue weighted by atomic mass is 10.2. The van der Waals surface area contributed by atoms with Crippen LogP contribution in [0.5, 0.6) is 11.5 Å². The molecule has 2 N–H and O–H groups in total. The molecule has 0 aliphatic rings. The molecule has 3 aromatic rings. The fourth-order valence-electron chi connectivity index (χ4n) is 2.81. The first-order chi connectivity index (χ1) is 16.9. The number of nitrogens with one attached hydrogen (secondary N) is 2. The number of amides is 2. The topological polar surface area (TPSA) is 89.0 Å². The van der Waals surface area contributed by atoms with Crippen LogP contribution in [0, 0.1) is 3.57 Å². The summed E-state index contributed by atoms with van der Waals surface area (Å²) in [5.41, 5.74) is 3.93. The summed E-state index contributed by atoms with van der Waals surface area (Å²) >= 11 is 9.37. The molecule has 0 spiro atoms. The largest absolute Gasteiger partial charge is 0.490 e. The quantitative estimate of drug-likeness (QED) is 0.126. The Hall–Kier alpha value is -2.76. The lowest BCUT2D eigenvalue weighted by Gasteiger charge is -2.14. The van der Waals surface area contributed by atoms with E-state index in [1.54, 1.807) is 30.3 Å². The minimum absolute atomic E-state index is 0.167. The van der Waals surface area contributed by atoms with Gasteiger partial charge in [-0.1, -0.05) is 29.8 Å². The van der Waals surface area contributed by atoms with Crippen LogP contribution in [0.15, 0.2) is 76.7 Å². The number of nitrogens with zero attached hydrogens (tertiary/aromatic N) is 1. The third-order valence-electron chi connectivity index (χ3n) is 4.32. The van der Waals surface area contributed by atoms with Crippen molar-refractivity contribution < 1.29 is 19.1 Å². The summed E-state index contributed by atoms with van der Waals surface area (Å²) in [5, 5.41) is 7.47. The molecule has 0 bridgehead atoms. The smallest absolute Gasteiger partial charge is 0.262 e. The molecule has 0 unspecified atom stereocenters. The zero-order chi connectivity index (χ0) is 25.0. The second kappa shape index (κ2) is 14.0. The van der Waals surface area contributed by atoms with E-state index in [0.717, 1.165) is 8.47 Å². The first-order valence-corrected chi connectivity index (χ1v) is 13.0. The Morgan fingerprint density at radius 1 is 1.06 bits per heavy atom. The average Bonchev–Trinajstić information content (AvgIpc) is 2.84. The Kier molecular flexibility index (Phi) is 10.7. The number of rotatable bonds is 11. The minimum atomic E-state index is -0.278. The van der Waals surface area contributed by atoms with Gasteiger partial charge in [0.2, 0.25) is 5.91 Å². The SMILES string of the molecule is CCOc1cc(/C=N\NC(=O)CSc2ccc(Cl)cc2)cc(I)c1OCC(=O)Nc1ccccc1. The summed E-state index contributed by atoms with van der Waals surface area (Å²) in [6, 6.07) is 20.0. The molecule has 0 aliphatic carbocycles. The van der Waals surface area contributed by atoms with Crippen LogP contribution in [0.4, 0.5) is 5.69 Å². The first-order valence-electron chi connectivity index (χ1n) is 10.6. The van der Waals surface area contributed by atoms with Crippen molar-refractivity contribution >= 4 is 69.7 Å². The van der Waals surface area contributed by atoms with E-state index in [0.29, 0.717) is 34.4 Å². The predicted octanol–water partition coefficient (Wildman–Crippen LogP) is 5.60. The summed E-state index contributed by atoms with van der Waals surface area (Å²) in [6.07, 6.45) is 1.53. The molecule has 0 aromatic heterocycles. The lowest BCUT2D eigenvalue weighted by Crippen LogP contribution is -2.20. The van der Waals surface area contributed by atoms with Crippen LogP contribution in [0.2, 0.25) is 5.02 Å². The van der Waals surface area contributed by atoms with Gasteiger partial charge >= 0.3 is 0 Å². The summed E-state index contributed by atoms with van der Waals surface area (Å²) < 4.78 is 12.2. The minimum Gasteiger partial charge on any atom is -0.490 e. The van der Waals surface area contributed by atoms with Gasteiger partial charge in [-0.05, 0) is 83.6 Å². The Bertz CT molecular complexity index is 1180. The molecule has 0 aliphatic heterocycles. The zero-order valence-electron chi connectivity index (χ0n) is 18.8. The fourth-order valence-corrected chi connectivity index (χ4v) is 4.41. The molecule has 35 heavy (non-hydrogen) atoms. The zero-order valence-corrected chi connectivity index (χ0v) is 22.5. The van der Waals surface area contributed by atoms with E-state index in [2.05, 4.69) is 38.4 Å². The maximum absolute atomic E-state index is 12.2. The van der Waals surface area contributed by atoms with Gasteiger partial charge in [-0.2, -0.15) is 5.10 Å². The summed E-state index contributed by atoms with van der Waals surface area (Å²) in [7, 11) is 0.